The molecule has 0 fully saturated rings. The maximum Gasteiger partial charge on any atom is 0.0914 e. The number of aliphatic hydroxyl groups excluding tert-OH is 1. The molecule has 2 rings (SSSR count). The zero-order valence-electron chi connectivity index (χ0n) is 11.5. The molecular weight excluding hydrogens is 238 g/mol. The van der Waals surface area contributed by atoms with Gasteiger partial charge < -0.3 is 10.4 Å². The van der Waals surface area contributed by atoms with Crippen LogP contribution in [0.25, 0.3) is 0 Å². The van der Waals surface area contributed by atoms with Gasteiger partial charge in [0.15, 0.2) is 0 Å². The Morgan fingerprint density at radius 3 is 2.58 bits per heavy atom. The van der Waals surface area contributed by atoms with E-state index in [0.29, 0.717) is 19.1 Å². The number of hydrogen-bond acceptors (Lipinski definition) is 3. The molecule has 1 aromatic heterocycles. The highest BCUT2D eigenvalue weighted by atomic mass is 16.3. The van der Waals surface area contributed by atoms with Crippen molar-refractivity contribution in [1.82, 2.24) is 15.1 Å². The van der Waals surface area contributed by atoms with Crippen LogP contribution in [0, 0.1) is 0 Å². The highest BCUT2D eigenvalue weighted by Gasteiger charge is 2.07. The van der Waals surface area contributed by atoms with Crippen molar-refractivity contribution in [2.24, 2.45) is 0 Å². The number of hydrogen-bond donors (Lipinski definition) is 2. The second-order valence-corrected chi connectivity index (χ2v) is 4.94. The average Bonchev–Trinajstić information content (AvgIpc) is 2.89. The largest absolute Gasteiger partial charge is 0.387 e. The van der Waals surface area contributed by atoms with Crippen molar-refractivity contribution in [3.8, 4) is 0 Å². The summed E-state index contributed by atoms with van der Waals surface area (Å²) in [4.78, 5) is 0. The molecule has 1 heterocycles. The summed E-state index contributed by atoms with van der Waals surface area (Å²) >= 11 is 0. The van der Waals surface area contributed by atoms with Crippen molar-refractivity contribution in [3.63, 3.8) is 0 Å². The Morgan fingerprint density at radius 2 is 1.95 bits per heavy atom. The van der Waals surface area contributed by atoms with Crippen molar-refractivity contribution in [2.45, 2.75) is 32.5 Å². The topological polar surface area (TPSA) is 50.1 Å². The zero-order valence-corrected chi connectivity index (χ0v) is 11.5. The van der Waals surface area contributed by atoms with Crippen molar-refractivity contribution in [1.29, 1.82) is 0 Å². The third kappa shape index (κ3) is 3.91. The van der Waals surface area contributed by atoms with E-state index >= 15 is 0 Å². The van der Waals surface area contributed by atoms with E-state index in [1.807, 2.05) is 47.3 Å². The van der Waals surface area contributed by atoms with Crippen LogP contribution in [0.15, 0.2) is 42.6 Å². The smallest absolute Gasteiger partial charge is 0.0914 e. The lowest BCUT2D eigenvalue weighted by molar-refractivity contribution is 0.174. The van der Waals surface area contributed by atoms with Gasteiger partial charge in [0.25, 0.3) is 0 Å². The molecule has 0 saturated heterocycles. The summed E-state index contributed by atoms with van der Waals surface area (Å²) in [5.74, 6) is 0. The van der Waals surface area contributed by atoms with Gasteiger partial charge in [-0.25, -0.2) is 0 Å². The Hall–Kier alpha value is -1.65. The lowest BCUT2D eigenvalue weighted by Gasteiger charge is -2.11. The molecule has 0 saturated carbocycles. The molecule has 4 nitrogen and oxygen atoms in total. The van der Waals surface area contributed by atoms with Crippen LogP contribution in [0.4, 0.5) is 0 Å². The lowest BCUT2D eigenvalue weighted by atomic mass is 10.1. The Kier molecular flexibility index (Phi) is 4.71. The van der Waals surface area contributed by atoms with E-state index in [0.717, 1.165) is 11.3 Å². The van der Waals surface area contributed by atoms with E-state index < -0.39 is 6.10 Å². The SMILES string of the molecule is CC(C)n1ccc(CNCC(O)c2ccccc2)n1. The standard InChI is InChI=1S/C15H21N3O/c1-12(2)18-9-8-14(17-18)10-16-11-15(19)13-6-4-3-5-7-13/h3-9,12,15-16,19H,10-11H2,1-2H3. The monoisotopic (exact) mass is 259 g/mol. The molecule has 0 amide bonds. The predicted molar refractivity (Wildman–Crippen MR) is 75.7 cm³/mol. The third-order valence-corrected chi connectivity index (χ3v) is 3.02. The Labute approximate surface area is 114 Å². The maximum atomic E-state index is 10.0. The molecule has 1 atom stereocenters. The molecule has 0 spiro atoms. The normalized spacial score (nSPS) is 12.8. The molecule has 0 radical (unpaired) electrons. The van der Waals surface area contributed by atoms with E-state index in [9.17, 15) is 5.11 Å². The minimum absolute atomic E-state index is 0.378. The van der Waals surface area contributed by atoms with E-state index in [1.165, 1.54) is 0 Å². The van der Waals surface area contributed by atoms with Gasteiger partial charge in [0, 0.05) is 25.3 Å². The molecule has 1 unspecified atom stereocenters. The lowest BCUT2D eigenvalue weighted by Crippen LogP contribution is -2.21. The van der Waals surface area contributed by atoms with Gasteiger partial charge in [0.1, 0.15) is 0 Å². The predicted octanol–water partition coefficient (Wildman–Crippen LogP) is 2.29. The molecule has 1 aromatic carbocycles. The van der Waals surface area contributed by atoms with Crippen LogP contribution in [-0.2, 0) is 6.54 Å². The summed E-state index contributed by atoms with van der Waals surface area (Å²) in [5.41, 5.74) is 1.93. The summed E-state index contributed by atoms with van der Waals surface area (Å²) in [7, 11) is 0. The Balaban J connectivity index is 1.80. The molecule has 0 bridgehead atoms. The molecule has 0 aliphatic heterocycles. The van der Waals surface area contributed by atoms with Crippen molar-refractivity contribution in [3.05, 3.63) is 53.9 Å². The molecule has 2 N–H and O–H groups in total. The summed E-state index contributed by atoms with van der Waals surface area (Å²) in [6.45, 7) is 5.40. The fourth-order valence-corrected chi connectivity index (χ4v) is 1.89. The van der Waals surface area contributed by atoms with Crippen LogP contribution in [0.1, 0.15) is 37.3 Å². The van der Waals surface area contributed by atoms with Crippen LogP contribution in [0.2, 0.25) is 0 Å². The van der Waals surface area contributed by atoms with Crippen molar-refractivity contribution < 1.29 is 5.11 Å². The second-order valence-electron chi connectivity index (χ2n) is 4.94. The molecule has 2 aromatic rings. The Bertz CT molecular complexity index is 493. The van der Waals surface area contributed by atoms with Crippen LogP contribution in [-0.4, -0.2) is 21.4 Å². The molecule has 0 aliphatic rings. The van der Waals surface area contributed by atoms with Crippen LogP contribution < -0.4 is 5.32 Å². The zero-order chi connectivity index (χ0) is 13.7. The summed E-state index contributed by atoms with van der Waals surface area (Å²) in [6, 6.07) is 12.1. The number of aromatic nitrogens is 2. The summed E-state index contributed by atoms with van der Waals surface area (Å²) in [6.07, 6.45) is 1.50. The van der Waals surface area contributed by atoms with Gasteiger partial charge in [-0.2, -0.15) is 5.10 Å². The first kappa shape index (κ1) is 13.8. The molecular formula is C15H21N3O. The second kappa shape index (κ2) is 6.50. The van der Waals surface area contributed by atoms with E-state index in [4.69, 9.17) is 0 Å². The van der Waals surface area contributed by atoms with Crippen LogP contribution >= 0.6 is 0 Å². The number of rotatable bonds is 6. The number of benzene rings is 1. The van der Waals surface area contributed by atoms with Gasteiger partial charge in [-0.1, -0.05) is 30.3 Å². The molecule has 4 heteroatoms. The minimum atomic E-state index is -0.478. The van der Waals surface area contributed by atoms with Crippen molar-refractivity contribution in [2.75, 3.05) is 6.54 Å². The third-order valence-electron chi connectivity index (χ3n) is 3.02. The fraction of sp³-hybridized carbons (Fsp3) is 0.400. The van der Waals surface area contributed by atoms with E-state index in [-0.39, 0.29) is 0 Å². The summed E-state index contributed by atoms with van der Waals surface area (Å²) in [5, 5.41) is 17.7. The highest BCUT2D eigenvalue weighted by Crippen LogP contribution is 2.11. The maximum absolute atomic E-state index is 10.0. The van der Waals surface area contributed by atoms with Crippen LogP contribution in [0.3, 0.4) is 0 Å². The van der Waals surface area contributed by atoms with Gasteiger partial charge in [-0.05, 0) is 25.5 Å². The molecule has 102 valence electrons. The fourth-order valence-electron chi connectivity index (χ4n) is 1.89. The van der Waals surface area contributed by atoms with Gasteiger partial charge in [-0.15, -0.1) is 0 Å². The number of nitrogens with one attached hydrogen (secondary N) is 1. The minimum Gasteiger partial charge on any atom is -0.387 e. The first-order chi connectivity index (χ1) is 9.16. The van der Waals surface area contributed by atoms with Gasteiger partial charge in [-0.3, -0.25) is 4.68 Å². The van der Waals surface area contributed by atoms with Gasteiger partial charge in [0.05, 0.1) is 11.8 Å². The van der Waals surface area contributed by atoms with Crippen molar-refractivity contribution >= 4 is 0 Å². The average molecular weight is 259 g/mol. The molecule has 0 aliphatic carbocycles. The Morgan fingerprint density at radius 1 is 1.21 bits per heavy atom. The van der Waals surface area contributed by atoms with E-state index in [2.05, 4.69) is 24.3 Å². The highest BCUT2D eigenvalue weighted by molar-refractivity contribution is 5.17. The summed E-state index contributed by atoms with van der Waals surface area (Å²) < 4.78 is 1.94. The van der Waals surface area contributed by atoms with Gasteiger partial charge in [0.2, 0.25) is 0 Å². The first-order valence-corrected chi connectivity index (χ1v) is 6.64. The van der Waals surface area contributed by atoms with Gasteiger partial charge >= 0.3 is 0 Å². The quantitative estimate of drug-likeness (QED) is 0.837. The first-order valence-electron chi connectivity index (χ1n) is 6.64. The number of aliphatic hydroxyl groups is 1. The molecule has 19 heavy (non-hydrogen) atoms. The number of nitrogens with zero attached hydrogens (tertiary/aromatic N) is 2. The van der Waals surface area contributed by atoms with E-state index in [1.54, 1.807) is 0 Å². The van der Waals surface area contributed by atoms with Crippen LogP contribution in [0.5, 0.6) is 0 Å².